The van der Waals surface area contributed by atoms with Crippen molar-refractivity contribution in [3.8, 4) is 0 Å². The summed E-state index contributed by atoms with van der Waals surface area (Å²) in [7, 11) is 0. The Bertz CT molecular complexity index is 371. The first kappa shape index (κ1) is 11.3. The number of aromatic amines is 1. The molecule has 0 radical (unpaired) electrons. The Morgan fingerprint density at radius 1 is 1.18 bits per heavy atom. The van der Waals surface area contributed by atoms with E-state index in [4.69, 9.17) is 0 Å². The lowest BCUT2D eigenvalue weighted by Gasteiger charge is -2.34. The lowest BCUT2D eigenvalue weighted by Crippen LogP contribution is -2.37. The molecule has 3 nitrogen and oxygen atoms in total. The highest BCUT2D eigenvalue weighted by Crippen LogP contribution is 2.40. The van der Waals surface area contributed by atoms with E-state index in [0.29, 0.717) is 12.0 Å². The number of rotatable bonds is 3. The zero-order valence-electron chi connectivity index (χ0n) is 10.9. The van der Waals surface area contributed by atoms with Gasteiger partial charge in [0.1, 0.15) is 0 Å². The van der Waals surface area contributed by atoms with E-state index < -0.39 is 0 Å². The third-order valence-electron chi connectivity index (χ3n) is 4.31. The molecule has 0 spiro atoms. The Hall–Kier alpha value is -0.830. The highest BCUT2D eigenvalue weighted by atomic mass is 15.2. The summed E-state index contributed by atoms with van der Waals surface area (Å²) in [6, 6.07) is 3.02. The van der Waals surface area contributed by atoms with E-state index in [1.54, 1.807) is 0 Å². The van der Waals surface area contributed by atoms with E-state index in [1.165, 1.54) is 50.2 Å². The fraction of sp³-hybridized carbons (Fsp3) is 0.786. The summed E-state index contributed by atoms with van der Waals surface area (Å²) in [5, 5.41) is 7.74. The average molecular weight is 233 g/mol. The number of nitrogens with one attached hydrogen (secondary N) is 1. The van der Waals surface area contributed by atoms with Crippen LogP contribution in [0.2, 0.25) is 0 Å². The first-order valence-electron chi connectivity index (χ1n) is 7.03. The topological polar surface area (TPSA) is 31.9 Å². The van der Waals surface area contributed by atoms with Crippen molar-refractivity contribution in [2.75, 3.05) is 13.1 Å². The molecule has 0 bridgehead atoms. The fourth-order valence-electron chi connectivity index (χ4n) is 2.88. The van der Waals surface area contributed by atoms with Gasteiger partial charge in [0.15, 0.2) is 0 Å². The van der Waals surface area contributed by atoms with Gasteiger partial charge < -0.3 is 4.90 Å². The summed E-state index contributed by atoms with van der Waals surface area (Å²) < 4.78 is 0. The van der Waals surface area contributed by atoms with Gasteiger partial charge in [0.05, 0.1) is 5.69 Å². The van der Waals surface area contributed by atoms with Gasteiger partial charge in [0, 0.05) is 23.6 Å². The standard InChI is InChI=1S/C14H23N3/c1-10(2)17-7-5-12(6-8-17)14-9-13(15-16-14)11-3-4-11/h9-12H,3-8H2,1-2H3,(H,15,16). The van der Waals surface area contributed by atoms with Crippen LogP contribution in [-0.2, 0) is 0 Å². The molecule has 1 aliphatic heterocycles. The van der Waals surface area contributed by atoms with Gasteiger partial charge >= 0.3 is 0 Å². The minimum atomic E-state index is 0.694. The summed E-state index contributed by atoms with van der Waals surface area (Å²) in [4.78, 5) is 2.58. The number of piperidine rings is 1. The maximum absolute atomic E-state index is 4.47. The molecule has 17 heavy (non-hydrogen) atoms. The molecule has 0 atom stereocenters. The Kier molecular flexibility index (Phi) is 2.95. The molecule has 2 aliphatic rings. The molecular weight excluding hydrogens is 210 g/mol. The van der Waals surface area contributed by atoms with Crippen LogP contribution >= 0.6 is 0 Å². The van der Waals surface area contributed by atoms with Crippen LogP contribution in [0.1, 0.15) is 62.8 Å². The van der Waals surface area contributed by atoms with E-state index in [0.717, 1.165) is 5.92 Å². The summed E-state index contributed by atoms with van der Waals surface area (Å²) in [6.07, 6.45) is 5.25. The predicted octanol–water partition coefficient (Wildman–Crippen LogP) is 2.87. The van der Waals surface area contributed by atoms with Crippen molar-refractivity contribution in [1.29, 1.82) is 0 Å². The van der Waals surface area contributed by atoms with Crippen LogP contribution in [0.15, 0.2) is 6.07 Å². The van der Waals surface area contributed by atoms with Crippen LogP contribution in [0.4, 0.5) is 0 Å². The molecule has 3 rings (SSSR count). The van der Waals surface area contributed by atoms with Crippen LogP contribution in [0.5, 0.6) is 0 Å². The molecule has 2 heterocycles. The average Bonchev–Trinajstić information content (AvgIpc) is 3.07. The van der Waals surface area contributed by atoms with Gasteiger partial charge in [-0.15, -0.1) is 0 Å². The summed E-state index contributed by atoms with van der Waals surface area (Å²) in [5.41, 5.74) is 2.70. The summed E-state index contributed by atoms with van der Waals surface area (Å²) in [6.45, 7) is 7.06. The molecule has 1 aliphatic carbocycles. The minimum Gasteiger partial charge on any atom is -0.301 e. The zero-order valence-corrected chi connectivity index (χ0v) is 10.9. The van der Waals surface area contributed by atoms with E-state index in [-0.39, 0.29) is 0 Å². The largest absolute Gasteiger partial charge is 0.301 e. The normalized spacial score (nSPS) is 23.5. The van der Waals surface area contributed by atoms with Gasteiger partial charge in [-0.3, -0.25) is 5.10 Å². The van der Waals surface area contributed by atoms with E-state index in [2.05, 4.69) is 35.0 Å². The number of hydrogen-bond donors (Lipinski definition) is 1. The number of likely N-dealkylation sites (tertiary alicyclic amines) is 1. The second kappa shape index (κ2) is 4.45. The summed E-state index contributed by atoms with van der Waals surface area (Å²) >= 11 is 0. The molecule has 3 heteroatoms. The van der Waals surface area contributed by atoms with Crippen molar-refractivity contribution < 1.29 is 0 Å². The van der Waals surface area contributed by atoms with Crippen LogP contribution in [0, 0.1) is 0 Å². The fourth-order valence-corrected chi connectivity index (χ4v) is 2.88. The molecular formula is C14H23N3. The van der Waals surface area contributed by atoms with Gasteiger partial charge in [-0.2, -0.15) is 5.10 Å². The van der Waals surface area contributed by atoms with E-state index in [1.807, 2.05) is 0 Å². The third kappa shape index (κ3) is 2.39. The lowest BCUT2D eigenvalue weighted by atomic mass is 9.92. The maximum Gasteiger partial charge on any atom is 0.0655 e. The lowest BCUT2D eigenvalue weighted by molar-refractivity contribution is 0.171. The van der Waals surface area contributed by atoms with Gasteiger partial charge in [-0.25, -0.2) is 0 Å². The van der Waals surface area contributed by atoms with Crippen molar-refractivity contribution in [3.63, 3.8) is 0 Å². The molecule has 1 aromatic heterocycles. The molecule has 0 aromatic carbocycles. The van der Waals surface area contributed by atoms with Crippen molar-refractivity contribution in [2.24, 2.45) is 0 Å². The van der Waals surface area contributed by atoms with Gasteiger partial charge in [-0.1, -0.05) is 0 Å². The van der Waals surface area contributed by atoms with Crippen LogP contribution in [-0.4, -0.2) is 34.2 Å². The Labute approximate surface area is 104 Å². The highest BCUT2D eigenvalue weighted by Gasteiger charge is 2.28. The number of hydrogen-bond acceptors (Lipinski definition) is 2. The summed E-state index contributed by atoms with van der Waals surface area (Å²) in [5.74, 6) is 1.49. The van der Waals surface area contributed by atoms with Gasteiger partial charge in [-0.05, 0) is 58.7 Å². The second-order valence-corrected chi connectivity index (χ2v) is 5.93. The van der Waals surface area contributed by atoms with Crippen molar-refractivity contribution in [2.45, 2.75) is 57.4 Å². The molecule has 1 N–H and O–H groups in total. The Balaban J connectivity index is 1.61. The predicted molar refractivity (Wildman–Crippen MR) is 69.2 cm³/mol. The molecule has 94 valence electrons. The smallest absolute Gasteiger partial charge is 0.0655 e. The molecule has 1 aromatic rings. The number of H-pyrrole nitrogens is 1. The van der Waals surface area contributed by atoms with Crippen molar-refractivity contribution >= 4 is 0 Å². The number of aromatic nitrogens is 2. The Morgan fingerprint density at radius 3 is 2.47 bits per heavy atom. The van der Waals surface area contributed by atoms with Crippen LogP contribution in [0.25, 0.3) is 0 Å². The van der Waals surface area contributed by atoms with E-state index in [9.17, 15) is 0 Å². The van der Waals surface area contributed by atoms with E-state index >= 15 is 0 Å². The minimum absolute atomic E-state index is 0.694. The first-order valence-corrected chi connectivity index (χ1v) is 7.03. The monoisotopic (exact) mass is 233 g/mol. The van der Waals surface area contributed by atoms with Crippen molar-refractivity contribution in [1.82, 2.24) is 15.1 Å². The molecule has 0 amide bonds. The number of nitrogens with zero attached hydrogens (tertiary/aromatic N) is 2. The SMILES string of the molecule is CC(C)N1CCC(c2cc(C3CC3)n[nH]2)CC1. The quantitative estimate of drug-likeness (QED) is 0.870. The molecule has 2 fully saturated rings. The van der Waals surface area contributed by atoms with Crippen LogP contribution in [0.3, 0.4) is 0 Å². The third-order valence-corrected chi connectivity index (χ3v) is 4.31. The maximum atomic E-state index is 4.47. The molecule has 1 saturated carbocycles. The van der Waals surface area contributed by atoms with Crippen LogP contribution < -0.4 is 0 Å². The molecule has 0 unspecified atom stereocenters. The van der Waals surface area contributed by atoms with Gasteiger partial charge in [0.25, 0.3) is 0 Å². The highest BCUT2D eigenvalue weighted by molar-refractivity contribution is 5.20. The Morgan fingerprint density at radius 2 is 1.88 bits per heavy atom. The van der Waals surface area contributed by atoms with Crippen molar-refractivity contribution in [3.05, 3.63) is 17.5 Å². The molecule has 1 saturated heterocycles. The first-order chi connectivity index (χ1) is 8.24. The second-order valence-electron chi connectivity index (χ2n) is 5.93. The zero-order chi connectivity index (χ0) is 11.8. The van der Waals surface area contributed by atoms with Gasteiger partial charge in [0.2, 0.25) is 0 Å².